The number of rotatable bonds is 5. The highest BCUT2D eigenvalue weighted by Crippen LogP contribution is 2.37. The molecule has 3 rings (SSSR count). The van der Waals surface area contributed by atoms with Gasteiger partial charge < -0.3 is 0 Å². The summed E-state index contributed by atoms with van der Waals surface area (Å²) in [5, 5.41) is 1.09. The van der Waals surface area contributed by atoms with Crippen molar-refractivity contribution in [1.29, 1.82) is 0 Å². The van der Waals surface area contributed by atoms with Crippen LogP contribution >= 0.6 is 11.8 Å². The van der Waals surface area contributed by atoms with Gasteiger partial charge in [0.2, 0.25) is 0 Å². The Hall–Kier alpha value is -2.20. The zero-order valence-corrected chi connectivity index (χ0v) is 14.0. The lowest BCUT2D eigenvalue weighted by Gasteiger charge is -2.23. The van der Waals surface area contributed by atoms with Crippen LogP contribution in [0.5, 0.6) is 0 Å². The van der Waals surface area contributed by atoms with Crippen molar-refractivity contribution in [2.24, 2.45) is 0 Å². The lowest BCUT2D eigenvalue weighted by Crippen LogP contribution is -2.29. The van der Waals surface area contributed by atoms with Crippen LogP contribution in [0.2, 0.25) is 0 Å². The Bertz CT molecular complexity index is 826. The van der Waals surface area contributed by atoms with Gasteiger partial charge in [0.1, 0.15) is 0 Å². The van der Waals surface area contributed by atoms with Crippen LogP contribution in [0.3, 0.4) is 0 Å². The van der Waals surface area contributed by atoms with E-state index < -0.39 is 4.75 Å². The van der Waals surface area contributed by atoms with E-state index in [4.69, 9.17) is 0 Å². The van der Waals surface area contributed by atoms with E-state index >= 15 is 0 Å². The number of para-hydroxylation sites is 1. The molecule has 3 aromatic rings. The number of nitrogens with zero attached hydrogens (tertiary/aromatic N) is 2. The number of fused-ring (bicyclic) bond motifs is 1. The molecular formula is C19H18N2OS. The molecule has 0 bridgehead atoms. The number of benzene rings is 1. The van der Waals surface area contributed by atoms with Crippen molar-refractivity contribution in [2.45, 2.75) is 29.9 Å². The monoisotopic (exact) mass is 322 g/mol. The molecule has 2 aromatic heterocycles. The van der Waals surface area contributed by atoms with Gasteiger partial charge in [0.15, 0.2) is 5.78 Å². The number of hydrogen-bond donors (Lipinski definition) is 0. The van der Waals surface area contributed by atoms with Gasteiger partial charge in [0.05, 0.1) is 10.3 Å². The molecule has 23 heavy (non-hydrogen) atoms. The summed E-state index contributed by atoms with van der Waals surface area (Å²) < 4.78 is -0.507. The molecule has 4 heteroatoms. The van der Waals surface area contributed by atoms with Gasteiger partial charge in [0.25, 0.3) is 0 Å². The third kappa shape index (κ3) is 3.59. The zero-order valence-electron chi connectivity index (χ0n) is 13.2. The number of thioether (sulfide) groups is 1. The first-order valence-electron chi connectivity index (χ1n) is 7.51. The van der Waals surface area contributed by atoms with E-state index in [1.54, 1.807) is 30.4 Å². The van der Waals surface area contributed by atoms with E-state index in [1.165, 1.54) is 0 Å². The summed E-state index contributed by atoms with van der Waals surface area (Å²) in [6, 6.07) is 13.8. The molecule has 0 atom stereocenters. The second-order valence-electron chi connectivity index (χ2n) is 5.89. The Morgan fingerprint density at radius 3 is 2.57 bits per heavy atom. The second-order valence-corrected chi connectivity index (χ2v) is 7.56. The van der Waals surface area contributed by atoms with Crippen molar-refractivity contribution in [1.82, 2.24) is 9.97 Å². The van der Waals surface area contributed by atoms with Crippen LogP contribution in [0.4, 0.5) is 0 Å². The molecule has 0 fully saturated rings. The fraction of sp³-hybridized carbons (Fsp3) is 0.211. The van der Waals surface area contributed by atoms with Gasteiger partial charge in [0, 0.05) is 35.3 Å². The number of aromatic nitrogens is 2. The van der Waals surface area contributed by atoms with Gasteiger partial charge in [-0.1, -0.05) is 18.2 Å². The summed E-state index contributed by atoms with van der Waals surface area (Å²) in [5.41, 5.74) is 1.95. The van der Waals surface area contributed by atoms with Gasteiger partial charge >= 0.3 is 0 Å². The maximum absolute atomic E-state index is 12.7. The van der Waals surface area contributed by atoms with Crippen molar-refractivity contribution in [3.63, 3.8) is 0 Å². The summed E-state index contributed by atoms with van der Waals surface area (Å²) in [6.07, 6.45) is 5.66. The topological polar surface area (TPSA) is 42.9 Å². The first kappa shape index (κ1) is 15.7. The second kappa shape index (κ2) is 6.50. The van der Waals surface area contributed by atoms with Crippen molar-refractivity contribution >= 4 is 28.4 Å². The first-order valence-corrected chi connectivity index (χ1v) is 8.33. The molecule has 0 saturated carbocycles. The summed E-state index contributed by atoms with van der Waals surface area (Å²) in [7, 11) is 0. The van der Waals surface area contributed by atoms with Crippen LogP contribution < -0.4 is 0 Å². The van der Waals surface area contributed by atoms with E-state index in [0.29, 0.717) is 6.42 Å². The van der Waals surface area contributed by atoms with Crippen LogP contribution in [0.1, 0.15) is 19.4 Å². The van der Waals surface area contributed by atoms with Crippen LogP contribution in [-0.4, -0.2) is 20.5 Å². The molecule has 1 aromatic carbocycles. The molecule has 3 nitrogen and oxygen atoms in total. The summed E-state index contributed by atoms with van der Waals surface area (Å²) in [5.74, 6) is 0.203. The van der Waals surface area contributed by atoms with Crippen molar-refractivity contribution in [2.75, 3.05) is 0 Å². The van der Waals surface area contributed by atoms with E-state index in [9.17, 15) is 4.79 Å². The largest absolute Gasteiger partial charge is 0.298 e. The average Bonchev–Trinajstić information content (AvgIpc) is 2.56. The maximum Gasteiger partial charge on any atom is 0.153 e. The molecule has 0 saturated heterocycles. The zero-order chi connectivity index (χ0) is 16.3. The predicted octanol–water partition coefficient (Wildman–Crippen LogP) is 4.31. The Kier molecular flexibility index (Phi) is 4.44. The number of carbonyl (C=O) groups is 1. The molecule has 0 aliphatic carbocycles. The highest BCUT2D eigenvalue weighted by atomic mass is 32.2. The maximum atomic E-state index is 12.7. The lowest BCUT2D eigenvalue weighted by molar-refractivity contribution is -0.119. The normalized spacial score (nSPS) is 11.6. The highest BCUT2D eigenvalue weighted by Gasteiger charge is 2.29. The van der Waals surface area contributed by atoms with Gasteiger partial charge in [-0.05, 0) is 43.7 Å². The number of Topliss-reactive ketones (excluding diaryl/α,β-unsaturated/α-hetero) is 1. The molecule has 0 aliphatic rings. The van der Waals surface area contributed by atoms with Crippen molar-refractivity contribution in [3.05, 3.63) is 66.6 Å². The minimum atomic E-state index is -0.507. The molecular weight excluding hydrogens is 304 g/mol. The van der Waals surface area contributed by atoms with E-state index in [2.05, 4.69) is 9.97 Å². The molecule has 0 spiro atoms. The van der Waals surface area contributed by atoms with Crippen LogP contribution in [0, 0.1) is 0 Å². The number of hydrogen-bond acceptors (Lipinski definition) is 4. The molecule has 0 N–H and O–H groups in total. The number of pyridine rings is 2. The Balaban J connectivity index is 1.83. The number of carbonyl (C=O) groups excluding carboxylic acids is 1. The molecule has 0 unspecified atom stereocenters. The van der Waals surface area contributed by atoms with Crippen molar-refractivity contribution in [3.8, 4) is 0 Å². The SMILES string of the molecule is CC(C)(Sc1ccnc2ccccc12)C(=O)Cc1ccncc1. The quantitative estimate of drug-likeness (QED) is 0.656. The van der Waals surface area contributed by atoms with E-state index in [0.717, 1.165) is 21.4 Å². The number of ketones is 1. The standard InChI is InChI=1S/C19H18N2OS/c1-19(2,18(22)13-14-7-10-20-11-8-14)23-17-9-12-21-16-6-4-3-5-15(16)17/h3-12H,13H2,1-2H3. The van der Waals surface area contributed by atoms with Crippen LogP contribution in [-0.2, 0) is 11.2 Å². The highest BCUT2D eigenvalue weighted by molar-refractivity contribution is 8.01. The molecule has 0 radical (unpaired) electrons. The Morgan fingerprint density at radius 1 is 1.04 bits per heavy atom. The summed E-state index contributed by atoms with van der Waals surface area (Å²) in [6.45, 7) is 3.97. The Labute approximate surface area is 140 Å². The van der Waals surface area contributed by atoms with Gasteiger partial charge in [-0.3, -0.25) is 14.8 Å². The van der Waals surface area contributed by atoms with Gasteiger partial charge in [-0.2, -0.15) is 0 Å². The molecule has 116 valence electrons. The fourth-order valence-electron chi connectivity index (χ4n) is 2.39. The van der Waals surface area contributed by atoms with Gasteiger partial charge in [-0.15, -0.1) is 11.8 Å². The fourth-order valence-corrected chi connectivity index (χ4v) is 3.54. The third-order valence-corrected chi connectivity index (χ3v) is 5.07. The van der Waals surface area contributed by atoms with E-state index in [1.807, 2.05) is 56.3 Å². The molecule has 0 amide bonds. The van der Waals surface area contributed by atoms with Crippen LogP contribution in [0.15, 0.2) is 66.0 Å². The molecule has 2 heterocycles. The third-order valence-electron chi connectivity index (χ3n) is 3.76. The average molecular weight is 322 g/mol. The van der Waals surface area contributed by atoms with E-state index in [-0.39, 0.29) is 5.78 Å². The lowest BCUT2D eigenvalue weighted by atomic mass is 10.0. The predicted molar refractivity (Wildman–Crippen MR) is 94.6 cm³/mol. The summed E-state index contributed by atoms with van der Waals surface area (Å²) in [4.78, 5) is 22.2. The first-order chi connectivity index (χ1) is 11.1. The molecule has 0 aliphatic heterocycles. The minimum Gasteiger partial charge on any atom is -0.298 e. The minimum absolute atomic E-state index is 0.203. The smallest absolute Gasteiger partial charge is 0.153 e. The Morgan fingerprint density at radius 2 is 1.78 bits per heavy atom. The van der Waals surface area contributed by atoms with Crippen LogP contribution in [0.25, 0.3) is 10.9 Å². The summed E-state index contributed by atoms with van der Waals surface area (Å²) >= 11 is 1.60. The van der Waals surface area contributed by atoms with Crippen molar-refractivity contribution < 1.29 is 4.79 Å². The van der Waals surface area contributed by atoms with Gasteiger partial charge in [-0.25, -0.2) is 0 Å².